The number of carboxylic acid groups (broad SMARTS) is 1. The van der Waals surface area contributed by atoms with E-state index in [4.69, 9.17) is 5.11 Å². The van der Waals surface area contributed by atoms with Gasteiger partial charge < -0.3 is 10.4 Å². The minimum atomic E-state index is -0.951. The van der Waals surface area contributed by atoms with Gasteiger partial charge in [0.05, 0.1) is 23.6 Å². The highest BCUT2D eigenvalue weighted by atomic mass is 16.4. The number of carboxylic acids is 1. The number of nitriles is 1. The third-order valence-electron chi connectivity index (χ3n) is 5.21. The maximum atomic E-state index is 12.4. The van der Waals surface area contributed by atoms with Crippen LogP contribution in [0.1, 0.15) is 41.6 Å². The van der Waals surface area contributed by atoms with Crippen molar-refractivity contribution in [2.75, 3.05) is 6.54 Å². The SMILES string of the molecule is N#C[C@@H](CC(=O)[C@@H]1CCCCN1)Cc1ccc(-c2cccc(C(=O)O)c2)cc1. The van der Waals surface area contributed by atoms with Crippen LogP contribution in [0, 0.1) is 17.2 Å². The second-order valence-electron chi connectivity index (χ2n) is 7.29. The number of ketones is 1. The lowest BCUT2D eigenvalue weighted by Crippen LogP contribution is -2.41. The number of benzene rings is 2. The van der Waals surface area contributed by atoms with Crippen molar-refractivity contribution in [2.45, 2.75) is 38.1 Å². The number of Topliss-reactive ketones (excluding diaryl/α,β-unsaturated/α-hetero) is 1. The number of piperidine rings is 1. The van der Waals surface area contributed by atoms with Crippen LogP contribution >= 0.6 is 0 Å². The van der Waals surface area contributed by atoms with Crippen LogP contribution in [-0.2, 0) is 11.2 Å². The molecule has 1 saturated heterocycles. The second-order valence-corrected chi connectivity index (χ2v) is 7.29. The van der Waals surface area contributed by atoms with Gasteiger partial charge in [0, 0.05) is 6.42 Å². The minimum absolute atomic E-state index is 0.103. The molecule has 1 heterocycles. The molecule has 2 aromatic carbocycles. The lowest BCUT2D eigenvalue weighted by atomic mass is 9.90. The molecule has 2 aromatic rings. The maximum Gasteiger partial charge on any atom is 0.335 e. The van der Waals surface area contributed by atoms with Gasteiger partial charge in [0.25, 0.3) is 0 Å². The summed E-state index contributed by atoms with van der Waals surface area (Å²) in [5.74, 6) is -1.15. The van der Waals surface area contributed by atoms with Crippen molar-refractivity contribution in [3.63, 3.8) is 0 Å². The first-order valence-corrected chi connectivity index (χ1v) is 9.65. The highest BCUT2D eigenvalue weighted by molar-refractivity contribution is 5.89. The van der Waals surface area contributed by atoms with Crippen molar-refractivity contribution in [3.8, 4) is 17.2 Å². The molecule has 0 amide bonds. The Balaban J connectivity index is 1.64. The number of rotatable bonds is 7. The third kappa shape index (κ3) is 5.05. The van der Waals surface area contributed by atoms with Gasteiger partial charge >= 0.3 is 5.97 Å². The van der Waals surface area contributed by atoms with E-state index in [2.05, 4.69) is 11.4 Å². The summed E-state index contributed by atoms with van der Waals surface area (Å²) in [5.41, 5.74) is 3.00. The van der Waals surface area contributed by atoms with Crippen LogP contribution in [0.2, 0.25) is 0 Å². The summed E-state index contributed by atoms with van der Waals surface area (Å²) < 4.78 is 0. The molecule has 0 spiro atoms. The van der Waals surface area contributed by atoms with Crippen molar-refractivity contribution < 1.29 is 14.7 Å². The fraction of sp³-hybridized carbons (Fsp3) is 0.348. The van der Waals surface area contributed by atoms with E-state index in [1.807, 2.05) is 30.3 Å². The van der Waals surface area contributed by atoms with Crippen LogP contribution in [0.3, 0.4) is 0 Å². The number of hydrogen-bond acceptors (Lipinski definition) is 4. The fourth-order valence-corrected chi connectivity index (χ4v) is 3.62. The van der Waals surface area contributed by atoms with Crippen molar-refractivity contribution in [1.29, 1.82) is 5.26 Å². The normalized spacial score (nSPS) is 17.5. The zero-order valence-electron chi connectivity index (χ0n) is 15.7. The summed E-state index contributed by atoms with van der Waals surface area (Å²) in [6.45, 7) is 0.873. The molecule has 1 fully saturated rings. The molecule has 3 rings (SSSR count). The van der Waals surface area contributed by atoms with Gasteiger partial charge in [-0.2, -0.15) is 5.26 Å². The molecule has 1 aliphatic rings. The summed E-state index contributed by atoms with van der Waals surface area (Å²) in [7, 11) is 0. The van der Waals surface area contributed by atoms with E-state index < -0.39 is 5.97 Å². The minimum Gasteiger partial charge on any atom is -0.478 e. The summed E-state index contributed by atoms with van der Waals surface area (Å²) in [4.78, 5) is 23.6. The summed E-state index contributed by atoms with van der Waals surface area (Å²) in [6, 6.07) is 16.7. The maximum absolute atomic E-state index is 12.4. The molecule has 0 saturated carbocycles. The topological polar surface area (TPSA) is 90.2 Å². The first-order valence-electron chi connectivity index (χ1n) is 9.65. The first-order chi connectivity index (χ1) is 13.6. The Bertz CT molecular complexity index is 877. The van der Waals surface area contributed by atoms with E-state index >= 15 is 0 Å². The Hall–Kier alpha value is -2.97. The van der Waals surface area contributed by atoms with Gasteiger partial charge in [0.15, 0.2) is 5.78 Å². The predicted molar refractivity (Wildman–Crippen MR) is 107 cm³/mol. The van der Waals surface area contributed by atoms with Crippen LogP contribution in [0.15, 0.2) is 48.5 Å². The third-order valence-corrected chi connectivity index (χ3v) is 5.21. The number of nitrogens with one attached hydrogen (secondary N) is 1. The summed E-state index contributed by atoms with van der Waals surface area (Å²) >= 11 is 0. The number of carbonyl (C=O) groups excluding carboxylic acids is 1. The van der Waals surface area contributed by atoms with Crippen LogP contribution in [0.4, 0.5) is 0 Å². The average Bonchev–Trinajstić information content (AvgIpc) is 2.74. The van der Waals surface area contributed by atoms with E-state index in [1.54, 1.807) is 18.2 Å². The highest BCUT2D eigenvalue weighted by Crippen LogP contribution is 2.23. The van der Waals surface area contributed by atoms with Crippen molar-refractivity contribution in [3.05, 3.63) is 59.7 Å². The van der Waals surface area contributed by atoms with Crippen LogP contribution in [0.25, 0.3) is 11.1 Å². The molecule has 28 heavy (non-hydrogen) atoms. The van der Waals surface area contributed by atoms with Gasteiger partial charge in [-0.25, -0.2) is 4.79 Å². The Labute approximate surface area is 165 Å². The second kappa shape index (κ2) is 9.29. The van der Waals surface area contributed by atoms with E-state index in [9.17, 15) is 14.9 Å². The largest absolute Gasteiger partial charge is 0.478 e. The number of carbonyl (C=O) groups is 2. The van der Waals surface area contributed by atoms with Crippen molar-refractivity contribution in [1.82, 2.24) is 5.32 Å². The predicted octanol–water partition coefficient (Wildman–Crippen LogP) is 3.84. The smallest absolute Gasteiger partial charge is 0.335 e. The lowest BCUT2D eigenvalue weighted by molar-refractivity contribution is -0.122. The Morgan fingerprint density at radius 1 is 1.14 bits per heavy atom. The van der Waals surface area contributed by atoms with E-state index in [0.717, 1.165) is 42.5 Å². The van der Waals surface area contributed by atoms with E-state index in [-0.39, 0.29) is 29.7 Å². The highest BCUT2D eigenvalue weighted by Gasteiger charge is 2.23. The van der Waals surface area contributed by atoms with E-state index in [0.29, 0.717) is 6.42 Å². The molecule has 2 atom stereocenters. The number of aromatic carboxylic acids is 1. The molecular formula is C23H24N2O3. The molecule has 0 aliphatic carbocycles. The Morgan fingerprint density at radius 3 is 2.57 bits per heavy atom. The van der Waals surface area contributed by atoms with Gasteiger partial charge in [0.2, 0.25) is 0 Å². The fourth-order valence-electron chi connectivity index (χ4n) is 3.62. The molecule has 1 aliphatic heterocycles. The molecule has 0 radical (unpaired) electrons. The van der Waals surface area contributed by atoms with Crippen molar-refractivity contribution >= 4 is 11.8 Å². The summed E-state index contributed by atoms with van der Waals surface area (Å²) in [5, 5.41) is 21.9. The Morgan fingerprint density at radius 2 is 1.93 bits per heavy atom. The quantitative estimate of drug-likeness (QED) is 0.766. The number of hydrogen-bond donors (Lipinski definition) is 2. The van der Waals surface area contributed by atoms with Gasteiger partial charge in [-0.15, -0.1) is 0 Å². The standard InChI is InChI=1S/C23H24N2O3/c24-15-17(13-22(26)21-6-1-2-11-25-21)12-16-7-9-18(10-8-16)19-4-3-5-20(14-19)23(27)28/h3-5,7-10,14,17,21,25H,1-2,6,11-13H2,(H,27,28)/t17-,21+/m1/s1. The molecule has 144 valence electrons. The molecule has 5 heteroatoms. The molecular weight excluding hydrogens is 352 g/mol. The van der Waals surface area contributed by atoms with Crippen LogP contribution in [-0.4, -0.2) is 29.4 Å². The lowest BCUT2D eigenvalue weighted by Gasteiger charge is -2.23. The van der Waals surface area contributed by atoms with Gasteiger partial charge in [-0.3, -0.25) is 4.79 Å². The van der Waals surface area contributed by atoms with Crippen LogP contribution in [0.5, 0.6) is 0 Å². The van der Waals surface area contributed by atoms with Crippen molar-refractivity contribution in [2.24, 2.45) is 5.92 Å². The number of nitrogens with zero attached hydrogens (tertiary/aromatic N) is 1. The van der Waals surface area contributed by atoms with Gasteiger partial charge in [0.1, 0.15) is 0 Å². The molecule has 0 aromatic heterocycles. The van der Waals surface area contributed by atoms with Gasteiger partial charge in [-0.05, 0) is 54.6 Å². The van der Waals surface area contributed by atoms with Gasteiger partial charge in [-0.1, -0.05) is 42.8 Å². The molecule has 0 unspecified atom stereocenters. The zero-order chi connectivity index (χ0) is 19.9. The molecule has 2 N–H and O–H groups in total. The molecule has 0 bridgehead atoms. The zero-order valence-corrected chi connectivity index (χ0v) is 15.7. The summed E-state index contributed by atoms with van der Waals surface area (Å²) in [6.07, 6.45) is 3.83. The average molecular weight is 376 g/mol. The van der Waals surface area contributed by atoms with Crippen LogP contribution < -0.4 is 5.32 Å². The van der Waals surface area contributed by atoms with E-state index in [1.165, 1.54) is 0 Å². The first kappa shape index (κ1) is 19.8. The monoisotopic (exact) mass is 376 g/mol. The Kier molecular flexibility index (Phi) is 6.57. The molecule has 5 nitrogen and oxygen atoms in total.